The molecule has 0 aliphatic heterocycles. The lowest BCUT2D eigenvalue weighted by molar-refractivity contribution is 0.828. The van der Waals surface area contributed by atoms with Gasteiger partial charge < -0.3 is 4.57 Å². The van der Waals surface area contributed by atoms with Gasteiger partial charge in [-0.1, -0.05) is 71.9 Å². The quantitative estimate of drug-likeness (QED) is 0.528. The first-order valence-corrected chi connectivity index (χ1v) is 8.62. The first-order chi connectivity index (χ1) is 10.4. The van der Waals surface area contributed by atoms with Gasteiger partial charge in [0.15, 0.2) is 0 Å². The lowest BCUT2D eigenvalue weighted by Gasteiger charge is -2.07. The molecule has 0 N–H and O–H groups in total. The third-order valence-corrected chi connectivity index (χ3v) is 3.89. The smallest absolute Gasteiger partial charge is 0.0486 e. The number of rotatable bonds is 0. The van der Waals surface area contributed by atoms with Gasteiger partial charge in [0.05, 0.1) is 0 Å². The number of aryl methyl sites for hydroxylation is 1. The maximum absolute atomic E-state index is 2.39. The molecule has 2 aromatic rings. The zero-order valence-electron chi connectivity index (χ0n) is 14.8. The highest BCUT2D eigenvalue weighted by molar-refractivity contribution is 5.92. The lowest BCUT2D eigenvalue weighted by Crippen LogP contribution is -1.98. The van der Waals surface area contributed by atoms with Gasteiger partial charge in [-0.05, 0) is 18.4 Å². The first-order valence-electron chi connectivity index (χ1n) is 8.62. The summed E-state index contributed by atoms with van der Waals surface area (Å²) in [6.45, 7) is 12.0. The number of benzene rings is 1. The van der Waals surface area contributed by atoms with Crippen LogP contribution in [0.1, 0.15) is 65.1 Å². The van der Waals surface area contributed by atoms with Crippen molar-refractivity contribution in [3.63, 3.8) is 0 Å². The molecule has 4 rings (SSSR count). The van der Waals surface area contributed by atoms with Crippen molar-refractivity contribution in [2.45, 2.75) is 53.9 Å². The van der Waals surface area contributed by atoms with Crippen LogP contribution in [0.2, 0.25) is 0 Å². The van der Waals surface area contributed by atoms with Crippen molar-refractivity contribution in [2.75, 3.05) is 0 Å². The highest BCUT2D eigenvalue weighted by Gasteiger charge is 2.42. The van der Waals surface area contributed by atoms with E-state index in [4.69, 9.17) is 0 Å². The molecule has 0 bridgehead atoms. The summed E-state index contributed by atoms with van der Waals surface area (Å²) in [4.78, 5) is 0. The Labute approximate surface area is 130 Å². The van der Waals surface area contributed by atoms with Gasteiger partial charge in [0.1, 0.15) is 0 Å². The fourth-order valence-corrected chi connectivity index (χ4v) is 3.03. The Morgan fingerprint density at radius 2 is 1.57 bits per heavy atom. The Morgan fingerprint density at radius 3 is 2.24 bits per heavy atom. The van der Waals surface area contributed by atoms with E-state index in [1.807, 2.05) is 41.5 Å². The molecule has 1 aromatic heterocycles. The molecule has 1 saturated carbocycles. The van der Waals surface area contributed by atoms with Gasteiger partial charge in [-0.2, -0.15) is 0 Å². The van der Waals surface area contributed by atoms with Gasteiger partial charge in [0.2, 0.25) is 0 Å². The number of aromatic nitrogens is 1. The van der Waals surface area contributed by atoms with Gasteiger partial charge in [-0.15, -0.1) is 0 Å². The molecule has 0 saturated heterocycles. The van der Waals surface area contributed by atoms with E-state index in [1.165, 1.54) is 22.9 Å². The average Bonchev–Trinajstić information content (AvgIpc) is 3.33. The van der Waals surface area contributed by atoms with Crippen LogP contribution in [-0.2, 0) is 7.05 Å². The van der Waals surface area contributed by atoms with Crippen LogP contribution in [0.4, 0.5) is 0 Å². The summed E-state index contributed by atoms with van der Waals surface area (Å²) in [5.74, 6) is 1.64. The second kappa shape index (κ2) is 8.07. The topological polar surface area (TPSA) is 4.93 Å². The molecule has 116 valence electrons. The molecular weight excluding hydrogens is 254 g/mol. The van der Waals surface area contributed by atoms with Crippen molar-refractivity contribution in [3.8, 4) is 0 Å². The van der Waals surface area contributed by atoms with E-state index in [-0.39, 0.29) is 0 Å². The van der Waals surface area contributed by atoms with Gasteiger partial charge in [0.25, 0.3) is 0 Å². The van der Waals surface area contributed by atoms with Crippen molar-refractivity contribution in [3.05, 3.63) is 41.6 Å². The van der Waals surface area contributed by atoms with Crippen LogP contribution in [0.15, 0.2) is 30.3 Å². The lowest BCUT2D eigenvalue weighted by atomic mass is 10.0. The molecule has 1 heteroatoms. The molecule has 21 heavy (non-hydrogen) atoms. The monoisotopic (exact) mass is 285 g/mol. The van der Waals surface area contributed by atoms with E-state index in [9.17, 15) is 0 Å². The van der Waals surface area contributed by atoms with Crippen LogP contribution in [0.25, 0.3) is 17.0 Å². The van der Waals surface area contributed by atoms with Crippen LogP contribution >= 0.6 is 0 Å². The van der Waals surface area contributed by atoms with Gasteiger partial charge in [-0.25, -0.2) is 0 Å². The molecule has 1 nitrogen and oxygen atoms in total. The van der Waals surface area contributed by atoms with E-state index < -0.39 is 0 Å². The molecule has 0 radical (unpaired) electrons. The first kappa shape index (κ1) is 17.6. The zero-order chi connectivity index (χ0) is 16.0. The normalized spacial score (nSPS) is 19.8. The second-order valence-electron chi connectivity index (χ2n) is 4.74. The SMILES string of the molecule is CC.CC.CC.Cn1c2c(c3ccccc31)C=CC1CC21. The minimum Gasteiger partial charge on any atom is -0.347 e. The van der Waals surface area contributed by atoms with Crippen LogP contribution in [0, 0.1) is 5.92 Å². The van der Waals surface area contributed by atoms with Crippen molar-refractivity contribution in [1.29, 1.82) is 0 Å². The molecule has 2 unspecified atom stereocenters. The Hall–Kier alpha value is -1.50. The zero-order valence-corrected chi connectivity index (χ0v) is 14.8. The Morgan fingerprint density at radius 1 is 0.952 bits per heavy atom. The molecule has 2 aliphatic carbocycles. The predicted octanol–water partition coefficient (Wildman–Crippen LogP) is 6.39. The summed E-state index contributed by atoms with van der Waals surface area (Å²) in [5.41, 5.74) is 4.40. The van der Waals surface area contributed by atoms with Crippen LogP contribution in [-0.4, -0.2) is 4.57 Å². The standard InChI is InChI=1S/C14H13N.3C2H6/c1-15-13-5-3-2-4-10(13)11-7-6-9-8-12(9)14(11)15;3*1-2/h2-7,9,12H,8H2,1H3;3*1-2H3. The van der Waals surface area contributed by atoms with Crippen LogP contribution in [0.5, 0.6) is 0 Å². The van der Waals surface area contributed by atoms with E-state index in [0.29, 0.717) is 0 Å². The third kappa shape index (κ3) is 3.07. The summed E-state index contributed by atoms with van der Waals surface area (Å²) in [7, 11) is 2.20. The summed E-state index contributed by atoms with van der Waals surface area (Å²) >= 11 is 0. The number of nitrogens with zero attached hydrogens (tertiary/aromatic N) is 1. The molecule has 0 spiro atoms. The summed E-state index contributed by atoms with van der Waals surface area (Å²) in [6, 6.07) is 8.72. The van der Waals surface area contributed by atoms with E-state index in [0.717, 1.165) is 11.8 Å². The van der Waals surface area contributed by atoms with Crippen molar-refractivity contribution in [1.82, 2.24) is 4.57 Å². The molecule has 1 aromatic carbocycles. The number of allylic oxidation sites excluding steroid dienone is 1. The maximum atomic E-state index is 2.39. The van der Waals surface area contributed by atoms with Crippen molar-refractivity contribution >= 4 is 17.0 Å². The molecule has 2 aliphatic rings. The minimum atomic E-state index is 0.808. The Kier molecular flexibility index (Phi) is 6.74. The fraction of sp³-hybridized carbons (Fsp3) is 0.500. The molecule has 1 heterocycles. The summed E-state index contributed by atoms with van der Waals surface area (Å²) in [6.07, 6.45) is 6.07. The minimum absolute atomic E-state index is 0.808. The number of hydrogen-bond donors (Lipinski definition) is 0. The Balaban J connectivity index is 0.000000332. The second-order valence-corrected chi connectivity index (χ2v) is 4.74. The number of fused-ring (bicyclic) bond motifs is 5. The van der Waals surface area contributed by atoms with Crippen LogP contribution < -0.4 is 0 Å². The van der Waals surface area contributed by atoms with Gasteiger partial charge in [-0.3, -0.25) is 0 Å². The fourth-order valence-electron chi connectivity index (χ4n) is 3.03. The van der Waals surface area contributed by atoms with E-state index in [1.54, 1.807) is 5.69 Å². The highest BCUT2D eigenvalue weighted by atomic mass is 15.0. The highest BCUT2D eigenvalue weighted by Crippen LogP contribution is 2.54. The largest absolute Gasteiger partial charge is 0.347 e. The maximum Gasteiger partial charge on any atom is 0.0486 e. The van der Waals surface area contributed by atoms with Crippen molar-refractivity contribution in [2.24, 2.45) is 13.0 Å². The molecule has 2 atom stereocenters. The van der Waals surface area contributed by atoms with E-state index in [2.05, 4.69) is 48.0 Å². The number of para-hydroxylation sites is 1. The van der Waals surface area contributed by atoms with E-state index >= 15 is 0 Å². The average molecular weight is 285 g/mol. The summed E-state index contributed by atoms with van der Waals surface area (Å²) < 4.78 is 2.39. The Bertz CT molecular complexity index is 589. The molecule has 0 amide bonds. The summed E-state index contributed by atoms with van der Waals surface area (Å²) in [5, 5.41) is 1.41. The van der Waals surface area contributed by atoms with Crippen molar-refractivity contribution < 1.29 is 0 Å². The third-order valence-electron chi connectivity index (χ3n) is 3.89. The molecule has 1 fully saturated rings. The van der Waals surface area contributed by atoms with Gasteiger partial charge >= 0.3 is 0 Å². The van der Waals surface area contributed by atoms with Gasteiger partial charge in [0, 0.05) is 35.1 Å². The van der Waals surface area contributed by atoms with Crippen LogP contribution in [0.3, 0.4) is 0 Å². The molecular formula is C20H31N. The number of hydrogen-bond acceptors (Lipinski definition) is 0. The predicted molar refractivity (Wildman–Crippen MR) is 96.8 cm³/mol.